The number of carbonyl (C=O) groups excluding carboxylic acids is 2. The van der Waals surface area contributed by atoms with E-state index >= 15 is 0 Å². The number of carbonyl (C=O) groups is 2. The second-order valence-corrected chi connectivity index (χ2v) is 9.46. The van der Waals surface area contributed by atoms with Gasteiger partial charge in [0.25, 0.3) is 0 Å². The van der Waals surface area contributed by atoms with Gasteiger partial charge in [0.15, 0.2) is 5.79 Å². The van der Waals surface area contributed by atoms with E-state index in [0.29, 0.717) is 13.0 Å². The predicted molar refractivity (Wildman–Crippen MR) is 95.6 cm³/mol. The van der Waals surface area contributed by atoms with Gasteiger partial charge in [-0.3, -0.25) is 9.69 Å². The van der Waals surface area contributed by atoms with Crippen LogP contribution in [0.1, 0.15) is 68.2 Å². The lowest BCUT2D eigenvalue weighted by Gasteiger charge is -2.45. The van der Waals surface area contributed by atoms with Gasteiger partial charge < -0.3 is 18.9 Å². The molecule has 2 fully saturated rings. The third-order valence-corrected chi connectivity index (χ3v) is 4.06. The Morgan fingerprint density at radius 2 is 1.62 bits per heavy atom. The first-order chi connectivity index (χ1) is 11.7. The zero-order chi connectivity index (χ0) is 19.9. The lowest BCUT2D eigenvalue weighted by molar-refractivity contribution is -0.309. The molecule has 0 spiro atoms. The van der Waals surface area contributed by atoms with Crippen LogP contribution >= 0.6 is 0 Å². The van der Waals surface area contributed by atoms with E-state index in [-0.39, 0.29) is 24.5 Å². The van der Waals surface area contributed by atoms with Gasteiger partial charge in [0.05, 0.1) is 24.7 Å². The van der Waals surface area contributed by atoms with Gasteiger partial charge in [0.1, 0.15) is 11.2 Å². The smallest absolute Gasteiger partial charge is 0.410 e. The molecule has 0 bridgehead atoms. The Labute approximate surface area is 156 Å². The topological polar surface area (TPSA) is 74.3 Å². The molecular weight excluding hydrogens is 338 g/mol. The van der Waals surface area contributed by atoms with Crippen LogP contribution in [0.5, 0.6) is 0 Å². The molecule has 0 aromatic heterocycles. The fraction of sp³-hybridized carbons (Fsp3) is 0.895. The van der Waals surface area contributed by atoms with Crippen LogP contribution in [-0.4, -0.2) is 58.7 Å². The number of hydrogen-bond acceptors (Lipinski definition) is 6. The van der Waals surface area contributed by atoms with Crippen LogP contribution in [0, 0.1) is 0 Å². The lowest BCUT2D eigenvalue weighted by atomic mass is 9.99. The Morgan fingerprint density at radius 1 is 1.04 bits per heavy atom. The zero-order valence-electron chi connectivity index (χ0n) is 17.3. The van der Waals surface area contributed by atoms with Gasteiger partial charge in [-0.25, -0.2) is 4.79 Å². The molecule has 1 amide bonds. The van der Waals surface area contributed by atoms with Crippen molar-refractivity contribution in [2.24, 2.45) is 0 Å². The Hall–Kier alpha value is -1.34. The first kappa shape index (κ1) is 21.0. The highest BCUT2D eigenvalue weighted by atomic mass is 16.7. The normalized spacial score (nSPS) is 28.5. The molecular formula is C19H33NO6. The van der Waals surface area contributed by atoms with E-state index in [4.69, 9.17) is 18.9 Å². The lowest BCUT2D eigenvalue weighted by Crippen LogP contribution is -2.58. The van der Waals surface area contributed by atoms with Gasteiger partial charge in [0.2, 0.25) is 0 Å². The standard InChI is InChI=1S/C19H33NO6/c1-17(2,3)25-14(21)11-13-15-12(23-19(7,8)24-13)9-10-20(15)16(22)26-18(4,5)6/h12-13,15H,9-11H2,1-8H3/t12-,13+,15+/m0/s1. The van der Waals surface area contributed by atoms with E-state index in [1.165, 1.54) is 0 Å². The summed E-state index contributed by atoms with van der Waals surface area (Å²) < 4.78 is 23.0. The van der Waals surface area contributed by atoms with Crippen LogP contribution < -0.4 is 0 Å². The van der Waals surface area contributed by atoms with Gasteiger partial charge in [-0.1, -0.05) is 0 Å². The number of fused-ring (bicyclic) bond motifs is 1. The Bertz CT molecular complexity index is 545. The predicted octanol–water partition coefficient (Wildman–Crippen LogP) is 3.25. The van der Waals surface area contributed by atoms with E-state index in [1.54, 1.807) is 4.90 Å². The quantitative estimate of drug-likeness (QED) is 0.694. The largest absolute Gasteiger partial charge is 0.460 e. The van der Waals surface area contributed by atoms with Crippen LogP contribution in [0.3, 0.4) is 0 Å². The van der Waals surface area contributed by atoms with Crippen molar-refractivity contribution in [3.8, 4) is 0 Å². The Kier molecular flexibility index (Phi) is 5.64. The van der Waals surface area contributed by atoms with Crippen molar-refractivity contribution in [3.63, 3.8) is 0 Å². The zero-order valence-corrected chi connectivity index (χ0v) is 17.3. The van der Waals surface area contributed by atoms with Crippen molar-refractivity contribution >= 4 is 12.1 Å². The summed E-state index contributed by atoms with van der Waals surface area (Å²) in [5.41, 5.74) is -1.16. The number of hydrogen-bond donors (Lipinski definition) is 0. The Morgan fingerprint density at radius 3 is 2.15 bits per heavy atom. The molecule has 0 N–H and O–H groups in total. The molecule has 2 aliphatic heterocycles. The summed E-state index contributed by atoms with van der Waals surface area (Å²) in [5, 5.41) is 0. The fourth-order valence-corrected chi connectivity index (χ4v) is 3.43. The summed E-state index contributed by atoms with van der Waals surface area (Å²) in [7, 11) is 0. The summed E-state index contributed by atoms with van der Waals surface area (Å²) in [5.74, 6) is -1.17. The average molecular weight is 371 g/mol. The van der Waals surface area contributed by atoms with E-state index < -0.39 is 29.2 Å². The molecule has 150 valence electrons. The molecule has 7 nitrogen and oxygen atoms in total. The van der Waals surface area contributed by atoms with Crippen molar-refractivity contribution in [2.45, 2.75) is 103 Å². The van der Waals surface area contributed by atoms with Gasteiger partial charge >= 0.3 is 12.1 Å². The summed E-state index contributed by atoms with van der Waals surface area (Å²) >= 11 is 0. The highest BCUT2D eigenvalue weighted by molar-refractivity contribution is 5.72. The van der Waals surface area contributed by atoms with Gasteiger partial charge in [-0.15, -0.1) is 0 Å². The maximum Gasteiger partial charge on any atom is 0.410 e. The number of amides is 1. The molecule has 0 aliphatic carbocycles. The highest BCUT2D eigenvalue weighted by Crippen LogP contribution is 2.37. The maximum atomic E-state index is 12.6. The molecule has 3 atom stereocenters. The molecule has 2 aliphatic rings. The van der Waals surface area contributed by atoms with Crippen molar-refractivity contribution in [1.29, 1.82) is 0 Å². The molecule has 0 aromatic carbocycles. The average Bonchev–Trinajstić information content (AvgIpc) is 2.76. The molecule has 2 heterocycles. The molecule has 0 radical (unpaired) electrons. The third kappa shape index (κ3) is 5.58. The van der Waals surface area contributed by atoms with Crippen LogP contribution in [0.4, 0.5) is 4.79 Å². The van der Waals surface area contributed by atoms with Crippen LogP contribution in [0.25, 0.3) is 0 Å². The van der Waals surface area contributed by atoms with Gasteiger partial charge in [-0.2, -0.15) is 0 Å². The van der Waals surface area contributed by atoms with Crippen molar-refractivity contribution < 1.29 is 28.5 Å². The molecule has 0 unspecified atom stereocenters. The van der Waals surface area contributed by atoms with Crippen molar-refractivity contribution in [3.05, 3.63) is 0 Å². The second kappa shape index (κ2) is 7.00. The monoisotopic (exact) mass is 371 g/mol. The van der Waals surface area contributed by atoms with E-state index in [9.17, 15) is 9.59 Å². The molecule has 0 saturated carbocycles. The summed E-state index contributed by atoms with van der Waals surface area (Å²) in [6, 6.07) is -0.370. The number of rotatable bonds is 2. The first-order valence-electron chi connectivity index (χ1n) is 9.24. The molecule has 26 heavy (non-hydrogen) atoms. The number of ether oxygens (including phenoxy) is 4. The van der Waals surface area contributed by atoms with Crippen molar-refractivity contribution in [2.75, 3.05) is 6.54 Å². The van der Waals surface area contributed by atoms with E-state index in [0.717, 1.165) is 0 Å². The fourth-order valence-electron chi connectivity index (χ4n) is 3.43. The van der Waals surface area contributed by atoms with Gasteiger partial charge in [-0.05, 0) is 61.8 Å². The number of nitrogens with zero attached hydrogens (tertiary/aromatic N) is 1. The molecule has 7 heteroatoms. The molecule has 2 rings (SSSR count). The maximum absolute atomic E-state index is 12.6. The van der Waals surface area contributed by atoms with Crippen molar-refractivity contribution in [1.82, 2.24) is 4.90 Å². The Balaban J connectivity index is 2.17. The third-order valence-electron chi connectivity index (χ3n) is 4.06. The van der Waals surface area contributed by atoms with E-state index in [2.05, 4.69) is 0 Å². The van der Waals surface area contributed by atoms with Gasteiger partial charge in [0, 0.05) is 6.54 Å². The minimum absolute atomic E-state index is 0.0600. The number of likely N-dealkylation sites (tertiary alicyclic amines) is 1. The van der Waals surface area contributed by atoms with Crippen LogP contribution in [0.2, 0.25) is 0 Å². The summed E-state index contributed by atoms with van der Waals surface area (Å²) in [6.07, 6.45) is -0.370. The number of esters is 1. The first-order valence-corrected chi connectivity index (χ1v) is 9.24. The molecule has 2 saturated heterocycles. The second-order valence-electron chi connectivity index (χ2n) is 9.46. The summed E-state index contributed by atoms with van der Waals surface area (Å²) in [4.78, 5) is 26.6. The molecule has 0 aromatic rings. The van der Waals surface area contributed by atoms with Crippen LogP contribution in [-0.2, 0) is 23.7 Å². The SMILES string of the molecule is CC(C)(C)OC(=O)C[C@H]1OC(C)(C)O[C@H]2CCN(C(=O)OC(C)(C)C)[C@H]21. The van der Waals surface area contributed by atoms with E-state index in [1.807, 2.05) is 55.4 Å². The highest BCUT2D eigenvalue weighted by Gasteiger charge is 2.52. The minimum atomic E-state index is -0.822. The van der Waals surface area contributed by atoms with Crippen LogP contribution in [0.15, 0.2) is 0 Å². The summed E-state index contributed by atoms with van der Waals surface area (Å²) in [6.45, 7) is 15.1. The minimum Gasteiger partial charge on any atom is -0.460 e.